The standard InChI is InChI=1S/C15H19N3OS/c1-2-3-7-17-14(19)13-12(16)10-8-9-5-4-6-11(9)18-15(10)20-13/h8H,2-7,16H2,1H3,(H,17,19). The summed E-state index contributed by atoms with van der Waals surface area (Å²) < 4.78 is 0. The van der Waals surface area contributed by atoms with Crippen LogP contribution < -0.4 is 11.1 Å². The van der Waals surface area contributed by atoms with Crippen molar-refractivity contribution in [1.82, 2.24) is 10.3 Å². The van der Waals surface area contributed by atoms with E-state index in [-0.39, 0.29) is 5.91 Å². The number of carbonyl (C=O) groups excluding carboxylic acids is 1. The highest BCUT2D eigenvalue weighted by Crippen LogP contribution is 2.35. The highest BCUT2D eigenvalue weighted by molar-refractivity contribution is 7.21. The second-order valence-electron chi connectivity index (χ2n) is 5.25. The zero-order valence-corrected chi connectivity index (χ0v) is 12.5. The summed E-state index contributed by atoms with van der Waals surface area (Å²) in [5.41, 5.74) is 9.20. The molecule has 1 aliphatic rings. The highest BCUT2D eigenvalue weighted by Gasteiger charge is 2.20. The topological polar surface area (TPSA) is 68.0 Å². The molecule has 0 saturated carbocycles. The Labute approximate surface area is 122 Å². The zero-order chi connectivity index (χ0) is 14.1. The lowest BCUT2D eigenvalue weighted by Gasteiger charge is -2.02. The van der Waals surface area contributed by atoms with Gasteiger partial charge in [0.1, 0.15) is 9.71 Å². The summed E-state index contributed by atoms with van der Waals surface area (Å²) in [5, 5.41) is 3.86. The fourth-order valence-electron chi connectivity index (χ4n) is 2.63. The molecule has 4 nitrogen and oxygen atoms in total. The van der Waals surface area contributed by atoms with Crippen LogP contribution in [0.3, 0.4) is 0 Å². The molecule has 2 aromatic heterocycles. The molecule has 0 radical (unpaired) electrons. The number of anilines is 1. The van der Waals surface area contributed by atoms with Crippen molar-refractivity contribution in [3.05, 3.63) is 22.2 Å². The smallest absolute Gasteiger partial charge is 0.263 e. The van der Waals surface area contributed by atoms with Gasteiger partial charge in [0.25, 0.3) is 5.91 Å². The molecular formula is C15H19N3OS. The molecule has 3 N–H and O–H groups in total. The number of nitrogens with zero attached hydrogens (tertiary/aromatic N) is 1. The first kappa shape index (κ1) is 13.4. The van der Waals surface area contributed by atoms with E-state index in [1.54, 1.807) is 0 Å². The van der Waals surface area contributed by atoms with Crippen molar-refractivity contribution in [1.29, 1.82) is 0 Å². The average Bonchev–Trinajstić information content (AvgIpc) is 3.01. The maximum atomic E-state index is 12.2. The largest absolute Gasteiger partial charge is 0.397 e. The number of fused-ring (bicyclic) bond motifs is 2. The van der Waals surface area contributed by atoms with Crippen molar-refractivity contribution < 1.29 is 4.79 Å². The number of aryl methyl sites for hydroxylation is 2. The van der Waals surface area contributed by atoms with Crippen molar-refractivity contribution in [2.75, 3.05) is 12.3 Å². The van der Waals surface area contributed by atoms with E-state index < -0.39 is 0 Å². The molecule has 106 valence electrons. The van der Waals surface area contributed by atoms with E-state index in [2.05, 4.69) is 23.3 Å². The molecule has 0 unspecified atom stereocenters. The van der Waals surface area contributed by atoms with Gasteiger partial charge in [0.15, 0.2) is 0 Å². The first-order chi connectivity index (χ1) is 9.70. The molecule has 20 heavy (non-hydrogen) atoms. The number of hydrogen-bond donors (Lipinski definition) is 2. The van der Waals surface area contributed by atoms with Gasteiger partial charge >= 0.3 is 0 Å². The first-order valence-electron chi connectivity index (χ1n) is 7.19. The van der Waals surface area contributed by atoms with E-state index in [0.717, 1.165) is 35.9 Å². The molecule has 0 aliphatic heterocycles. The Morgan fingerprint density at radius 3 is 3.15 bits per heavy atom. The summed E-state index contributed by atoms with van der Waals surface area (Å²) in [7, 11) is 0. The number of nitrogen functional groups attached to an aromatic ring is 1. The van der Waals surface area contributed by atoms with E-state index >= 15 is 0 Å². The SMILES string of the molecule is CCCCNC(=O)c1sc2nc3c(cc2c1N)CCC3. The number of nitrogens with two attached hydrogens (primary N) is 1. The molecule has 2 heterocycles. The van der Waals surface area contributed by atoms with Crippen molar-refractivity contribution in [2.45, 2.75) is 39.0 Å². The first-order valence-corrected chi connectivity index (χ1v) is 8.01. The molecule has 0 spiro atoms. The molecule has 1 amide bonds. The van der Waals surface area contributed by atoms with Crippen LogP contribution in [0.1, 0.15) is 47.1 Å². The number of carbonyl (C=O) groups is 1. The van der Waals surface area contributed by atoms with Gasteiger partial charge in [-0.2, -0.15) is 0 Å². The number of hydrogen-bond acceptors (Lipinski definition) is 4. The van der Waals surface area contributed by atoms with Crippen LogP contribution in [-0.2, 0) is 12.8 Å². The van der Waals surface area contributed by atoms with Crippen LogP contribution in [0.25, 0.3) is 10.2 Å². The Bertz CT molecular complexity index is 663. The van der Waals surface area contributed by atoms with E-state index in [0.29, 0.717) is 17.1 Å². The van der Waals surface area contributed by atoms with Gasteiger partial charge in [-0.25, -0.2) is 4.98 Å². The summed E-state index contributed by atoms with van der Waals surface area (Å²) in [4.78, 5) is 18.3. The number of unbranched alkanes of at least 4 members (excludes halogenated alkanes) is 1. The van der Waals surface area contributed by atoms with Gasteiger partial charge in [-0.15, -0.1) is 11.3 Å². The van der Waals surface area contributed by atoms with Crippen molar-refractivity contribution in [3.8, 4) is 0 Å². The second kappa shape index (κ2) is 5.40. The van der Waals surface area contributed by atoms with Crippen LogP contribution in [0.15, 0.2) is 6.07 Å². The predicted molar refractivity (Wildman–Crippen MR) is 83.3 cm³/mol. The van der Waals surface area contributed by atoms with E-state index in [1.165, 1.54) is 29.0 Å². The maximum Gasteiger partial charge on any atom is 0.263 e. The van der Waals surface area contributed by atoms with Crippen LogP contribution in [0.5, 0.6) is 0 Å². The highest BCUT2D eigenvalue weighted by atomic mass is 32.1. The van der Waals surface area contributed by atoms with E-state index in [1.807, 2.05) is 0 Å². The lowest BCUT2D eigenvalue weighted by molar-refractivity contribution is 0.0958. The van der Waals surface area contributed by atoms with Gasteiger partial charge in [0.05, 0.1) is 5.69 Å². The Morgan fingerprint density at radius 2 is 2.35 bits per heavy atom. The average molecular weight is 289 g/mol. The molecule has 1 aliphatic carbocycles. The van der Waals surface area contributed by atoms with Crippen LogP contribution >= 0.6 is 11.3 Å². The third kappa shape index (κ3) is 2.26. The van der Waals surface area contributed by atoms with Crippen molar-refractivity contribution in [3.63, 3.8) is 0 Å². The number of rotatable bonds is 4. The van der Waals surface area contributed by atoms with Crippen molar-refractivity contribution in [2.24, 2.45) is 0 Å². The maximum absolute atomic E-state index is 12.2. The quantitative estimate of drug-likeness (QED) is 0.850. The van der Waals surface area contributed by atoms with Crippen molar-refractivity contribution >= 4 is 33.1 Å². The number of pyridine rings is 1. The Morgan fingerprint density at radius 1 is 1.50 bits per heavy atom. The van der Waals surface area contributed by atoms with Crippen LogP contribution in [0, 0.1) is 0 Å². The molecule has 0 bridgehead atoms. The van der Waals surface area contributed by atoms with Gasteiger partial charge < -0.3 is 11.1 Å². The fraction of sp³-hybridized carbons (Fsp3) is 0.467. The third-order valence-electron chi connectivity index (χ3n) is 3.77. The molecule has 0 saturated heterocycles. The minimum Gasteiger partial charge on any atom is -0.397 e. The summed E-state index contributed by atoms with van der Waals surface area (Å²) in [6, 6.07) is 2.12. The van der Waals surface area contributed by atoms with E-state index in [4.69, 9.17) is 5.73 Å². The summed E-state index contributed by atoms with van der Waals surface area (Å²) in [5.74, 6) is -0.0703. The molecule has 3 rings (SSSR count). The summed E-state index contributed by atoms with van der Waals surface area (Å²) in [6.07, 6.45) is 5.34. The van der Waals surface area contributed by atoms with Crippen LogP contribution in [0.2, 0.25) is 0 Å². The van der Waals surface area contributed by atoms with Crippen LogP contribution in [-0.4, -0.2) is 17.4 Å². The van der Waals surface area contributed by atoms with Gasteiger partial charge in [-0.05, 0) is 37.3 Å². The molecule has 0 fully saturated rings. The zero-order valence-electron chi connectivity index (χ0n) is 11.7. The Kier molecular flexibility index (Phi) is 3.61. The second-order valence-corrected chi connectivity index (χ2v) is 6.25. The van der Waals surface area contributed by atoms with Gasteiger partial charge in [0, 0.05) is 17.6 Å². The third-order valence-corrected chi connectivity index (χ3v) is 4.89. The monoisotopic (exact) mass is 289 g/mol. The number of thiophene rings is 1. The normalized spacial score (nSPS) is 13.7. The predicted octanol–water partition coefficient (Wildman–Crippen LogP) is 2.90. The molecular weight excluding hydrogens is 270 g/mol. The minimum atomic E-state index is -0.0703. The summed E-state index contributed by atoms with van der Waals surface area (Å²) >= 11 is 1.41. The fourth-order valence-corrected chi connectivity index (χ4v) is 3.64. The molecule has 0 atom stereocenters. The Balaban J connectivity index is 1.93. The molecule has 5 heteroatoms. The minimum absolute atomic E-state index is 0.0703. The number of aromatic nitrogens is 1. The van der Waals surface area contributed by atoms with Gasteiger partial charge in [-0.1, -0.05) is 13.3 Å². The van der Waals surface area contributed by atoms with Crippen LogP contribution in [0.4, 0.5) is 5.69 Å². The van der Waals surface area contributed by atoms with Gasteiger partial charge in [-0.3, -0.25) is 4.79 Å². The van der Waals surface area contributed by atoms with Gasteiger partial charge in [0.2, 0.25) is 0 Å². The van der Waals surface area contributed by atoms with E-state index in [9.17, 15) is 4.79 Å². The number of nitrogens with one attached hydrogen (secondary N) is 1. The molecule has 2 aromatic rings. The summed E-state index contributed by atoms with van der Waals surface area (Å²) in [6.45, 7) is 2.80. The lowest BCUT2D eigenvalue weighted by Crippen LogP contribution is -2.24. The molecule has 0 aromatic carbocycles. The lowest BCUT2D eigenvalue weighted by atomic mass is 10.1. The Hall–Kier alpha value is -1.62. The number of amides is 1.